The Morgan fingerprint density at radius 1 is 1.07 bits per heavy atom. The van der Waals surface area contributed by atoms with Gasteiger partial charge in [-0.1, -0.05) is 0 Å². The van der Waals surface area contributed by atoms with Gasteiger partial charge in [-0.15, -0.1) is 0 Å². The summed E-state index contributed by atoms with van der Waals surface area (Å²) in [5, 5.41) is 39.8. The first-order valence-corrected chi connectivity index (χ1v) is 9.39. The molecule has 3 rings (SSSR count). The summed E-state index contributed by atoms with van der Waals surface area (Å²) >= 11 is 0. The molecule has 158 valence electrons. The number of aliphatic hydroxyl groups excluding tert-OH is 4. The molecule has 0 aliphatic carbocycles. The van der Waals surface area contributed by atoms with Crippen molar-refractivity contribution in [3.63, 3.8) is 0 Å². The zero-order valence-electron chi connectivity index (χ0n) is 15.1. The van der Waals surface area contributed by atoms with Crippen LogP contribution in [0, 0.1) is 0 Å². The number of methoxy groups -OCH3 is 1. The molecule has 3 heterocycles. The minimum atomic E-state index is -5.23. The van der Waals surface area contributed by atoms with Crippen LogP contribution in [0.5, 0.6) is 0 Å². The first-order chi connectivity index (χ1) is 12.7. The Bertz CT molecular complexity index is 618. The number of hydrogen-bond donors (Lipinski definition) is 4. The molecule has 10 atom stereocenters. The summed E-state index contributed by atoms with van der Waals surface area (Å²) < 4.78 is 63.2. The van der Waals surface area contributed by atoms with Crippen LogP contribution in [0.3, 0.4) is 0 Å². The van der Waals surface area contributed by atoms with E-state index in [1.807, 2.05) is 0 Å². The van der Waals surface area contributed by atoms with E-state index in [1.165, 1.54) is 7.11 Å². The van der Waals surface area contributed by atoms with Crippen molar-refractivity contribution in [2.75, 3.05) is 20.3 Å². The van der Waals surface area contributed by atoms with Gasteiger partial charge in [0.15, 0.2) is 12.6 Å². The molecule has 3 aliphatic rings. The van der Waals surface area contributed by atoms with E-state index in [4.69, 9.17) is 23.7 Å². The molecule has 3 saturated heterocycles. The summed E-state index contributed by atoms with van der Waals surface area (Å²) in [4.78, 5) is 0. The molecule has 13 nitrogen and oxygen atoms in total. The first-order valence-electron chi connectivity index (χ1n) is 8.06. The van der Waals surface area contributed by atoms with Crippen molar-refractivity contribution >= 4 is 10.4 Å². The third kappa shape index (κ3) is 5.30. The normalized spacial score (nSPS) is 46.2. The van der Waals surface area contributed by atoms with Gasteiger partial charge >= 0.3 is 51.4 Å². The van der Waals surface area contributed by atoms with Crippen molar-refractivity contribution in [1.29, 1.82) is 0 Å². The van der Waals surface area contributed by atoms with Gasteiger partial charge in [0.2, 0.25) is 10.4 Å². The van der Waals surface area contributed by atoms with E-state index in [0.29, 0.717) is 0 Å². The number of fused-ring (bicyclic) bond motifs is 2. The Kier molecular flexibility index (Phi) is 9.23. The van der Waals surface area contributed by atoms with Crippen LogP contribution in [0.15, 0.2) is 0 Å². The molecular weight excluding hydrogens is 435 g/mol. The fourth-order valence-corrected chi connectivity index (χ4v) is 3.87. The van der Waals surface area contributed by atoms with Crippen molar-refractivity contribution in [1.82, 2.24) is 0 Å². The maximum absolute atomic E-state index is 10.8. The van der Waals surface area contributed by atoms with E-state index in [-0.39, 0.29) is 58.0 Å². The number of hydrogen-bond acceptors (Lipinski definition) is 13. The predicted molar refractivity (Wildman–Crippen MR) is 78.6 cm³/mol. The van der Waals surface area contributed by atoms with Crippen molar-refractivity contribution in [2.24, 2.45) is 0 Å². The quantitative estimate of drug-likeness (QED) is 0.167. The summed E-state index contributed by atoms with van der Waals surface area (Å²) in [6.07, 6.45) is -13.2. The van der Waals surface area contributed by atoms with Gasteiger partial charge in [-0.3, -0.25) is 4.18 Å². The Labute approximate surface area is 203 Å². The summed E-state index contributed by atoms with van der Waals surface area (Å²) in [5.74, 6) is 0. The van der Waals surface area contributed by atoms with E-state index in [2.05, 4.69) is 4.18 Å². The minimum Gasteiger partial charge on any atom is -0.726 e. The van der Waals surface area contributed by atoms with Crippen LogP contribution in [0.2, 0.25) is 0 Å². The predicted octanol–water partition coefficient (Wildman–Crippen LogP) is -7.21. The van der Waals surface area contributed by atoms with Gasteiger partial charge in [0.05, 0.1) is 13.2 Å². The molecule has 3 aliphatic heterocycles. The zero-order valence-corrected chi connectivity index (χ0v) is 19.0. The third-order valence-electron chi connectivity index (χ3n) is 4.64. The van der Waals surface area contributed by atoms with Crippen LogP contribution in [0.25, 0.3) is 0 Å². The molecule has 0 radical (unpaired) electrons. The van der Waals surface area contributed by atoms with Crippen molar-refractivity contribution in [3.05, 3.63) is 0 Å². The van der Waals surface area contributed by atoms with E-state index in [0.717, 1.165) is 0 Å². The molecule has 1 unspecified atom stereocenters. The Morgan fingerprint density at radius 3 is 2.32 bits per heavy atom. The molecule has 4 N–H and O–H groups in total. The molecule has 0 spiro atoms. The van der Waals surface area contributed by atoms with Gasteiger partial charge in [0.1, 0.15) is 48.8 Å². The molecule has 15 heteroatoms. The average Bonchev–Trinajstić information content (AvgIpc) is 2.91. The molecule has 0 aromatic carbocycles. The molecule has 0 aromatic rings. The number of rotatable bonds is 6. The average molecular weight is 456 g/mol. The summed E-state index contributed by atoms with van der Waals surface area (Å²) in [6.45, 7) is -0.760. The Balaban J connectivity index is 0.00000280. The van der Waals surface area contributed by atoms with Crippen LogP contribution < -0.4 is 51.4 Å². The van der Waals surface area contributed by atoms with E-state index >= 15 is 0 Å². The van der Waals surface area contributed by atoms with E-state index < -0.39 is 78.4 Å². The van der Waals surface area contributed by atoms with Crippen LogP contribution in [0.4, 0.5) is 0 Å². The van der Waals surface area contributed by atoms with Gasteiger partial charge in [0.25, 0.3) is 0 Å². The Hall–Kier alpha value is 1.15. The van der Waals surface area contributed by atoms with Gasteiger partial charge in [-0.25, -0.2) is 8.42 Å². The molecule has 3 fully saturated rings. The van der Waals surface area contributed by atoms with Crippen molar-refractivity contribution in [3.8, 4) is 0 Å². The summed E-state index contributed by atoms with van der Waals surface area (Å²) in [7, 11) is -3.89. The van der Waals surface area contributed by atoms with E-state index in [1.54, 1.807) is 0 Å². The fourth-order valence-electron chi connectivity index (χ4n) is 3.36. The van der Waals surface area contributed by atoms with Crippen molar-refractivity contribution in [2.45, 2.75) is 61.4 Å². The largest absolute Gasteiger partial charge is 1.00 e. The van der Waals surface area contributed by atoms with Gasteiger partial charge in [-0.2, -0.15) is 0 Å². The monoisotopic (exact) mass is 456 g/mol. The van der Waals surface area contributed by atoms with Gasteiger partial charge < -0.3 is 48.7 Å². The fraction of sp³-hybridized carbons (Fsp3) is 1.00. The van der Waals surface area contributed by atoms with Crippen molar-refractivity contribution < 1.29 is 113 Å². The second-order valence-electron chi connectivity index (χ2n) is 6.34. The molecule has 0 amide bonds. The van der Waals surface area contributed by atoms with Gasteiger partial charge in [0, 0.05) is 7.11 Å². The molecule has 2 bridgehead atoms. The minimum absolute atomic E-state index is 0. The molecular formula is C13H21KO13S. The first kappa shape index (κ1) is 25.4. The van der Waals surface area contributed by atoms with Crippen LogP contribution in [-0.4, -0.2) is 115 Å². The van der Waals surface area contributed by atoms with Crippen LogP contribution in [0.1, 0.15) is 0 Å². The maximum Gasteiger partial charge on any atom is 1.00 e. The molecule has 28 heavy (non-hydrogen) atoms. The van der Waals surface area contributed by atoms with Crippen LogP contribution >= 0.6 is 0 Å². The number of ether oxygens (including phenoxy) is 5. The summed E-state index contributed by atoms with van der Waals surface area (Å²) in [6, 6.07) is 0. The van der Waals surface area contributed by atoms with E-state index in [9.17, 15) is 33.4 Å². The van der Waals surface area contributed by atoms with Crippen LogP contribution in [-0.2, 0) is 38.3 Å². The molecule has 0 saturated carbocycles. The topological polar surface area (TPSA) is 193 Å². The molecule has 0 aromatic heterocycles. The second-order valence-corrected chi connectivity index (χ2v) is 7.35. The SMILES string of the molecule is CO[C@H]1O[C@H]2CO[C@H](C2O[C@@H]2O[C@H](CO)[C@H](OS(=O)(=O)[O-])[C@H](O)[C@H]2O)[C@H]1O.[K+]. The second kappa shape index (κ2) is 10.2. The zero-order chi connectivity index (χ0) is 19.9. The van der Waals surface area contributed by atoms with Gasteiger partial charge in [-0.05, 0) is 0 Å². The smallest absolute Gasteiger partial charge is 0.726 e. The standard InChI is InChI=1S/C13H22O13S.K/c1-21-12-8(17)11-10(5(24-12)3-22-11)25-13-7(16)6(15)9(4(2-14)23-13)26-27(18,19)20;/h4-17H,2-3H2,1H3,(H,18,19,20);/q;+1/p-1/t4-,5+,6-,7-,8-,9+,10?,11+,12+,13+;/m1./s1. The Morgan fingerprint density at radius 2 is 1.75 bits per heavy atom. The maximum atomic E-state index is 10.8. The number of aliphatic hydroxyl groups is 4. The summed E-state index contributed by atoms with van der Waals surface area (Å²) in [5.41, 5.74) is 0. The third-order valence-corrected chi connectivity index (χ3v) is 5.10.